The van der Waals surface area contributed by atoms with Crippen molar-refractivity contribution in [2.24, 2.45) is 0 Å². The van der Waals surface area contributed by atoms with Crippen LogP contribution >= 0.6 is 0 Å². The van der Waals surface area contributed by atoms with Gasteiger partial charge in [0, 0.05) is 0 Å². The van der Waals surface area contributed by atoms with Gasteiger partial charge in [-0.2, -0.15) is 0 Å². The van der Waals surface area contributed by atoms with Gasteiger partial charge in [0.05, 0.1) is 13.1 Å². The van der Waals surface area contributed by atoms with Crippen LogP contribution in [0.1, 0.15) is 5.56 Å². The summed E-state index contributed by atoms with van der Waals surface area (Å²) in [5, 5.41) is 0. The van der Waals surface area contributed by atoms with Crippen LogP contribution in [-0.4, -0.2) is 0 Å². The molecule has 0 unspecified atom stereocenters. The molecule has 0 aromatic heterocycles. The monoisotopic (exact) mass is 178 g/mol. The molecule has 0 aliphatic carbocycles. The minimum absolute atomic E-state index is 0.0579. The summed E-state index contributed by atoms with van der Waals surface area (Å²) in [7, 11) is 0. The van der Waals surface area contributed by atoms with Gasteiger partial charge in [-0.25, -0.2) is 18.5 Å². The maximum Gasteiger partial charge on any atom is 0.215 e. The molecule has 0 fully saturated rings. The van der Waals surface area contributed by atoms with Gasteiger partial charge in [-0.15, -0.1) is 0 Å². The predicted molar refractivity (Wildman–Crippen MR) is 43.6 cm³/mol. The Morgan fingerprint density at radius 2 is 1.46 bits per heavy atom. The van der Waals surface area contributed by atoms with Crippen molar-refractivity contribution in [1.82, 2.24) is 0 Å². The molecule has 64 valence electrons. The van der Waals surface area contributed by atoms with Gasteiger partial charge >= 0.3 is 0 Å². The minimum atomic E-state index is -0.919. The third kappa shape index (κ3) is 1.34. The molecule has 0 bridgehead atoms. The van der Waals surface area contributed by atoms with Crippen molar-refractivity contribution < 1.29 is 8.78 Å². The lowest BCUT2D eigenvalue weighted by molar-refractivity contribution is 0.589. The molecule has 0 atom stereocenters. The maximum absolute atomic E-state index is 12.9. The zero-order valence-corrected chi connectivity index (χ0v) is 6.73. The van der Waals surface area contributed by atoms with Crippen LogP contribution in [0.4, 0.5) is 20.2 Å². The Morgan fingerprint density at radius 1 is 1.08 bits per heavy atom. The Morgan fingerprint density at radius 3 is 1.77 bits per heavy atom. The molecule has 1 rings (SSSR count). The van der Waals surface area contributed by atoms with Gasteiger partial charge in [-0.05, 0) is 11.6 Å². The summed E-state index contributed by atoms with van der Waals surface area (Å²) in [5.74, 6) is -1.84. The highest BCUT2D eigenvalue weighted by Crippen LogP contribution is 2.33. The predicted octanol–water partition coefficient (Wildman–Crippen LogP) is 3.37. The number of nitrogens with zero attached hydrogens (tertiary/aromatic N) is 2. The molecule has 0 amide bonds. The van der Waals surface area contributed by atoms with Crippen LogP contribution in [0.2, 0.25) is 0 Å². The average molecular weight is 178 g/mol. The fourth-order valence-electron chi connectivity index (χ4n) is 0.993. The van der Waals surface area contributed by atoms with Crippen LogP contribution in [0.15, 0.2) is 6.07 Å². The Kier molecular flexibility index (Phi) is 2.25. The van der Waals surface area contributed by atoms with Crippen molar-refractivity contribution in [1.29, 1.82) is 0 Å². The van der Waals surface area contributed by atoms with E-state index < -0.39 is 11.6 Å². The van der Waals surface area contributed by atoms with E-state index in [9.17, 15) is 8.78 Å². The van der Waals surface area contributed by atoms with Crippen LogP contribution in [-0.2, 0) is 0 Å². The summed E-state index contributed by atoms with van der Waals surface area (Å²) in [4.78, 5) is 5.77. The van der Waals surface area contributed by atoms with Crippen LogP contribution < -0.4 is 0 Å². The van der Waals surface area contributed by atoms with E-state index in [1.807, 2.05) is 0 Å². The largest absolute Gasteiger partial charge is 0.236 e. The first-order valence-corrected chi connectivity index (χ1v) is 3.35. The molecule has 4 heteroatoms. The molecule has 0 saturated heterocycles. The molecule has 0 radical (unpaired) electrons. The van der Waals surface area contributed by atoms with Crippen LogP contribution in [0, 0.1) is 31.7 Å². The van der Waals surface area contributed by atoms with Gasteiger partial charge in [0.2, 0.25) is 11.4 Å². The van der Waals surface area contributed by atoms with Gasteiger partial charge in [0.25, 0.3) is 0 Å². The summed E-state index contributed by atoms with van der Waals surface area (Å²) in [6.45, 7) is 14.6. The van der Waals surface area contributed by atoms with E-state index in [2.05, 4.69) is 9.69 Å². The second-order valence-corrected chi connectivity index (χ2v) is 2.39. The van der Waals surface area contributed by atoms with Crippen molar-refractivity contribution in [3.05, 3.63) is 46.1 Å². The molecule has 0 saturated carbocycles. The maximum atomic E-state index is 12.9. The van der Waals surface area contributed by atoms with E-state index in [1.54, 1.807) is 0 Å². The summed E-state index contributed by atoms with van der Waals surface area (Å²) < 4.78 is 25.7. The van der Waals surface area contributed by atoms with Gasteiger partial charge in [-0.1, -0.05) is 6.92 Å². The number of hydrogen-bond acceptors (Lipinski definition) is 0. The van der Waals surface area contributed by atoms with Crippen molar-refractivity contribution in [3.8, 4) is 0 Å². The molecular formula is C9H4F2N2. The Hall–Kier alpha value is -1.94. The summed E-state index contributed by atoms with van der Waals surface area (Å²) in [6.07, 6.45) is 0. The lowest BCUT2D eigenvalue weighted by Gasteiger charge is -2.02. The van der Waals surface area contributed by atoms with Crippen molar-refractivity contribution in [3.63, 3.8) is 0 Å². The number of halogens is 2. The molecule has 1 aromatic carbocycles. The lowest BCUT2D eigenvalue weighted by atomic mass is 10.1. The number of hydrogen-bond donors (Lipinski definition) is 0. The first-order valence-electron chi connectivity index (χ1n) is 3.35. The zero-order chi connectivity index (χ0) is 10.0. The van der Waals surface area contributed by atoms with Crippen LogP contribution in [0.5, 0.6) is 0 Å². The van der Waals surface area contributed by atoms with Gasteiger partial charge in [0.15, 0.2) is 0 Å². The van der Waals surface area contributed by atoms with Crippen molar-refractivity contribution in [2.75, 3.05) is 0 Å². The first-order chi connectivity index (χ1) is 6.11. The summed E-state index contributed by atoms with van der Waals surface area (Å²) in [6, 6.07) is 0.563. The van der Waals surface area contributed by atoms with E-state index in [0.717, 1.165) is 0 Å². The molecular weight excluding hydrogens is 174 g/mol. The quantitative estimate of drug-likeness (QED) is 0.538. The molecule has 0 aliphatic rings. The minimum Gasteiger partial charge on any atom is -0.236 e. The zero-order valence-electron chi connectivity index (χ0n) is 6.73. The van der Waals surface area contributed by atoms with E-state index in [0.29, 0.717) is 6.07 Å². The molecule has 0 N–H and O–H groups in total. The molecule has 13 heavy (non-hydrogen) atoms. The highest BCUT2D eigenvalue weighted by atomic mass is 19.1. The molecule has 0 heterocycles. The SMILES string of the molecule is [C-]#[N+]c1c(F)cc(F)c([N+]#[C-])c1C. The number of rotatable bonds is 0. The smallest absolute Gasteiger partial charge is 0.215 e. The lowest BCUT2D eigenvalue weighted by Crippen LogP contribution is -1.85. The summed E-state index contributed by atoms with van der Waals surface area (Å²) >= 11 is 0. The van der Waals surface area contributed by atoms with Crippen LogP contribution in [0.25, 0.3) is 9.69 Å². The Labute approximate surface area is 74.1 Å². The molecule has 1 aromatic rings. The van der Waals surface area contributed by atoms with E-state index in [1.165, 1.54) is 6.92 Å². The Bertz CT molecular complexity index is 400. The first kappa shape index (κ1) is 9.15. The second-order valence-electron chi connectivity index (χ2n) is 2.39. The second kappa shape index (κ2) is 3.20. The van der Waals surface area contributed by atoms with E-state index in [4.69, 9.17) is 13.1 Å². The fourth-order valence-corrected chi connectivity index (χ4v) is 0.993. The van der Waals surface area contributed by atoms with E-state index >= 15 is 0 Å². The molecule has 2 nitrogen and oxygen atoms in total. The fraction of sp³-hybridized carbons (Fsp3) is 0.111. The highest BCUT2D eigenvalue weighted by molar-refractivity contribution is 5.67. The third-order valence-corrected chi connectivity index (χ3v) is 1.64. The molecule has 0 spiro atoms. The van der Waals surface area contributed by atoms with E-state index in [-0.39, 0.29) is 16.9 Å². The standard InChI is InChI=1S/C9H4F2N2/c1-5-8(12-2)6(10)4-7(11)9(5)13-3/h4H,1H3. The van der Waals surface area contributed by atoms with Gasteiger partial charge < -0.3 is 0 Å². The summed E-state index contributed by atoms with van der Waals surface area (Å²) in [5.41, 5.74) is -0.512. The van der Waals surface area contributed by atoms with Crippen molar-refractivity contribution in [2.45, 2.75) is 6.92 Å². The van der Waals surface area contributed by atoms with Crippen molar-refractivity contribution >= 4 is 11.4 Å². The van der Waals surface area contributed by atoms with Gasteiger partial charge in [-0.3, -0.25) is 0 Å². The average Bonchev–Trinajstić information content (AvgIpc) is 2.04. The van der Waals surface area contributed by atoms with Gasteiger partial charge in [0.1, 0.15) is 11.6 Å². The molecule has 0 aliphatic heterocycles. The third-order valence-electron chi connectivity index (χ3n) is 1.64. The van der Waals surface area contributed by atoms with Crippen LogP contribution in [0.3, 0.4) is 0 Å². The topological polar surface area (TPSA) is 8.72 Å². The number of benzene rings is 1. The Balaban J connectivity index is 3.63. The normalized spacial score (nSPS) is 9.00. The highest BCUT2D eigenvalue weighted by Gasteiger charge is 2.14.